The first-order chi connectivity index (χ1) is 11.7. The number of hydrogen-bond donors (Lipinski definition) is 3. The number of carbonyl (C=O) groups excluding carboxylic acids is 1. The Morgan fingerprint density at radius 3 is 2.52 bits per heavy atom. The van der Waals surface area contributed by atoms with Crippen LogP contribution in [0.3, 0.4) is 0 Å². The predicted octanol–water partition coefficient (Wildman–Crippen LogP) is 2.52. The second-order valence-electron chi connectivity index (χ2n) is 5.34. The summed E-state index contributed by atoms with van der Waals surface area (Å²) in [6.07, 6.45) is 0.989. The van der Waals surface area contributed by atoms with Crippen molar-refractivity contribution in [2.45, 2.75) is 18.1 Å². The molecule has 1 aliphatic rings. The minimum Gasteiger partial charge on any atom is -0.353 e. The van der Waals surface area contributed by atoms with Crippen molar-refractivity contribution < 1.29 is 22.0 Å². The quantitative estimate of drug-likeness (QED) is 0.453. The van der Waals surface area contributed by atoms with Crippen LogP contribution >= 0.6 is 15.9 Å². The zero-order valence-corrected chi connectivity index (χ0v) is 15.6. The molecule has 136 valence electrons. The molecule has 0 aliphatic heterocycles. The van der Waals surface area contributed by atoms with E-state index in [0.29, 0.717) is 17.3 Å². The molecule has 1 aromatic rings. The highest BCUT2D eigenvalue weighted by Crippen LogP contribution is 2.29. The van der Waals surface area contributed by atoms with Crippen molar-refractivity contribution in [1.29, 1.82) is 0 Å². The molecule has 10 heteroatoms. The van der Waals surface area contributed by atoms with Gasteiger partial charge in [0.2, 0.25) is 15.9 Å². The molecule has 3 N–H and O–H groups in total. The number of anilines is 1. The first-order valence-electron chi connectivity index (χ1n) is 7.20. The highest BCUT2D eigenvalue weighted by molar-refractivity contribution is 9.10. The predicted molar refractivity (Wildman–Crippen MR) is 94.1 cm³/mol. The Morgan fingerprint density at radius 2 is 2.00 bits per heavy atom. The van der Waals surface area contributed by atoms with Crippen LogP contribution in [0.5, 0.6) is 0 Å². The fourth-order valence-electron chi connectivity index (χ4n) is 1.90. The third-order valence-corrected chi connectivity index (χ3v) is 5.74. The maximum atomic E-state index is 14.4. The zero-order valence-electron chi connectivity index (χ0n) is 13.2. The normalized spacial score (nSPS) is 15.2. The van der Waals surface area contributed by atoms with Crippen LogP contribution in [-0.2, 0) is 14.8 Å². The van der Waals surface area contributed by atoms with Gasteiger partial charge in [0.15, 0.2) is 0 Å². The third kappa shape index (κ3) is 4.79. The van der Waals surface area contributed by atoms with E-state index in [9.17, 15) is 22.0 Å². The van der Waals surface area contributed by atoms with Gasteiger partial charge in [0.1, 0.15) is 11.5 Å². The second kappa shape index (κ2) is 7.52. The Balaban J connectivity index is 2.36. The summed E-state index contributed by atoms with van der Waals surface area (Å²) in [4.78, 5) is 11.6. The van der Waals surface area contributed by atoms with E-state index in [2.05, 4.69) is 37.9 Å². The molecule has 25 heavy (non-hydrogen) atoms. The number of hydrogen-bond acceptors (Lipinski definition) is 4. The van der Waals surface area contributed by atoms with E-state index in [0.717, 1.165) is 6.07 Å². The molecule has 0 heterocycles. The summed E-state index contributed by atoms with van der Waals surface area (Å²) < 4.78 is 55.0. The highest BCUT2D eigenvalue weighted by Gasteiger charge is 2.36. The Labute approximate surface area is 152 Å². The minimum absolute atomic E-state index is 0.149. The summed E-state index contributed by atoms with van der Waals surface area (Å²) in [6, 6.07) is 3.94. The number of sulfonamides is 1. The SMILES string of the molecule is C=C(NS(=O)(=O)C1CC1)/C(Nc1ccc(Br)cc1F)=C(/F)C(=O)NC. The van der Waals surface area contributed by atoms with E-state index in [1.165, 1.54) is 19.2 Å². The molecule has 0 saturated heterocycles. The summed E-state index contributed by atoms with van der Waals surface area (Å²) in [6.45, 7) is 3.47. The first kappa shape index (κ1) is 19.4. The molecule has 1 amide bonds. The Bertz CT molecular complexity index is 852. The van der Waals surface area contributed by atoms with E-state index in [1.54, 1.807) is 0 Å². The molecule has 0 unspecified atom stereocenters. The minimum atomic E-state index is -3.73. The van der Waals surface area contributed by atoms with Gasteiger partial charge in [-0.3, -0.25) is 9.52 Å². The monoisotopic (exact) mass is 435 g/mol. The number of likely N-dealkylation sites (N-methyl/N-ethyl adjacent to an activating group) is 1. The molecule has 1 aliphatic carbocycles. The molecule has 1 aromatic carbocycles. The van der Waals surface area contributed by atoms with E-state index < -0.39 is 44.2 Å². The van der Waals surface area contributed by atoms with Gasteiger partial charge in [-0.05, 0) is 31.0 Å². The lowest BCUT2D eigenvalue weighted by Gasteiger charge is -2.17. The van der Waals surface area contributed by atoms with Crippen LogP contribution in [0.2, 0.25) is 0 Å². The van der Waals surface area contributed by atoms with Gasteiger partial charge in [0, 0.05) is 11.5 Å². The highest BCUT2D eigenvalue weighted by atomic mass is 79.9. The average molecular weight is 436 g/mol. The van der Waals surface area contributed by atoms with Crippen LogP contribution in [0.1, 0.15) is 12.8 Å². The lowest BCUT2D eigenvalue weighted by molar-refractivity contribution is -0.118. The Morgan fingerprint density at radius 1 is 1.36 bits per heavy atom. The molecule has 0 aromatic heterocycles. The van der Waals surface area contributed by atoms with E-state index in [-0.39, 0.29) is 5.69 Å². The summed E-state index contributed by atoms with van der Waals surface area (Å²) in [5, 5.41) is 3.90. The standard InChI is InChI=1S/C15H16BrF2N3O3S/c1-8(21-25(23,24)10-4-5-10)14(13(18)15(22)19-2)20-12-6-3-9(16)7-11(12)17/h3,6-7,10,20-21H,1,4-5H2,2H3,(H,19,22)/b14-13-. The summed E-state index contributed by atoms with van der Waals surface area (Å²) in [5.41, 5.74) is -1.11. The molecular weight excluding hydrogens is 420 g/mol. The number of rotatable bonds is 7. The molecule has 0 atom stereocenters. The van der Waals surface area contributed by atoms with Gasteiger partial charge in [-0.2, -0.15) is 4.39 Å². The van der Waals surface area contributed by atoms with Crippen molar-refractivity contribution in [3.05, 3.63) is 52.3 Å². The van der Waals surface area contributed by atoms with Crippen LogP contribution in [0.25, 0.3) is 0 Å². The molecular formula is C15H16BrF2N3O3S. The molecule has 1 saturated carbocycles. The number of carbonyl (C=O) groups is 1. The number of nitrogens with one attached hydrogen (secondary N) is 3. The van der Waals surface area contributed by atoms with E-state index in [1.807, 2.05) is 0 Å². The lowest BCUT2D eigenvalue weighted by atomic mass is 10.2. The average Bonchev–Trinajstić information content (AvgIpc) is 3.37. The van der Waals surface area contributed by atoms with Crippen molar-refractivity contribution in [1.82, 2.24) is 10.0 Å². The molecule has 0 bridgehead atoms. The van der Waals surface area contributed by atoms with Crippen LogP contribution < -0.4 is 15.4 Å². The summed E-state index contributed by atoms with van der Waals surface area (Å²) in [7, 11) is -2.52. The fraction of sp³-hybridized carbons (Fsp3) is 0.267. The van der Waals surface area contributed by atoms with Crippen LogP contribution in [0.4, 0.5) is 14.5 Å². The smallest absolute Gasteiger partial charge is 0.282 e. The van der Waals surface area contributed by atoms with Crippen LogP contribution in [0, 0.1) is 5.82 Å². The van der Waals surface area contributed by atoms with Crippen molar-refractivity contribution >= 4 is 37.5 Å². The number of benzene rings is 1. The van der Waals surface area contributed by atoms with Gasteiger partial charge in [-0.25, -0.2) is 12.8 Å². The van der Waals surface area contributed by atoms with E-state index >= 15 is 0 Å². The zero-order chi connectivity index (χ0) is 18.8. The Hall–Kier alpha value is -1.94. The fourth-order valence-corrected chi connectivity index (χ4v) is 3.60. The maximum Gasteiger partial charge on any atom is 0.282 e. The summed E-state index contributed by atoms with van der Waals surface area (Å²) >= 11 is 3.09. The van der Waals surface area contributed by atoms with Gasteiger partial charge in [-0.15, -0.1) is 0 Å². The molecule has 0 spiro atoms. The molecule has 2 rings (SSSR count). The van der Waals surface area contributed by atoms with Gasteiger partial charge >= 0.3 is 0 Å². The largest absolute Gasteiger partial charge is 0.353 e. The number of halogens is 3. The third-order valence-electron chi connectivity index (χ3n) is 3.37. The van der Waals surface area contributed by atoms with Gasteiger partial charge < -0.3 is 10.6 Å². The summed E-state index contributed by atoms with van der Waals surface area (Å²) in [5.74, 6) is -3.16. The van der Waals surface area contributed by atoms with Crippen molar-refractivity contribution in [2.24, 2.45) is 0 Å². The van der Waals surface area contributed by atoms with Crippen LogP contribution in [0.15, 0.2) is 46.5 Å². The van der Waals surface area contributed by atoms with Crippen LogP contribution in [-0.4, -0.2) is 26.6 Å². The van der Waals surface area contributed by atoms with Gasteiger partial charge in [-0.1, -0.05) is 22.5 Å². The van der Waals surface area contributed by atoms with Gasteiger partial charge in [0.25, 0.3) is 5.91 Å². The molecule has 1 fully saturated rings. The van der Waals surface area contributed by atoms with E-state index in [4.69, 9.17) is 0 Å². The lowest BCUT2D eigenvalue weighted by Crippen LogP contribution is -2.30. The number of amides is 1. The van der Waals surface area contributed by atoms with Crippen molar-refractivity contribution in [3.63, 3.8) is 0 Å². The van der Waals surface area contributed by atoms with Gasteiger partial charge in [0.05, 0.1) is 16.6 Å². The molecule has 6 nitrogen and oxygen atoms in total. The molecule has 0 radical (unpaired) electrons. The van der Waals surface area contributed by atoms with Crippen molar-refractivity contribution in [2.75, 3.05) is 12.4 Å². The Kier molecular flexibility index (Phi) is 5.83. The first-order valence-corrected chi connectivity index (χ1v) is 9.54. The maximum absolute atomic E-state index is 14.4. The topological polar surface area (TPSA) is 87.3 Å². The van der Waals surface area contributed by atoms with Crippen molar-refractivity contribution in [3.8, 4) is 0 Å². The second-order valence-corrected chi connectivity index (χ2v) is 8.22.